The summed E-state index contributed by atoms with van der Waals surface area (Å²) < 4.78 is 30.3. The molecule has 35 heavy (non-hydrogen) atoms. The molecule has 0 unspecified atom stereocenters. The maximum atomic E-state index is 13.6. The first-order valence-corrected chi connectivity index (χ1v) is 12.2. The molecule has 2 heterocycles. The summed E-state index contributed by atoms with van der Waals surface area (Å²) in [7, 11) is 3.24. The second-order valence-corrected chi connectivity index (χ2v) is 9.44. The van der Waals surface area contributed by atoms with E-state index < -0.39 is 5.41 Å². The topological polar surface area (TPSA) is 69.3 Å². The van der Waals surface area contributed by atoms with E-state index >= 15 is 0 Å². The molecule has 0 fully saturated rings. The summed E-state index contributed by atoms with van der Waals surface area (Å²) in [5.74, 6) is 2.46. The molecule has 0 aliphatic heterocycles. The lowest BCUT2D eigenvalue weighted by molar-refractivity contribution is 0.342. The molecule has 0 bridgehead atoms. The summed E-state index contributed by atoms with van der Waals surface area (Å²) in [6, 6.07) is 16.0. The molecule has 0 saturated heterocycles. The van der Waals surface area contributed by atoms with Crippen LogP contribution in [0.4, 0.5) is 4.39 Å². The molecule has 0 amide bonds. The normalized spacial score (nSPS) is 11.3. The van der Waals surface area contributed by atoms with E-state index in [1.807, 2.05) is 30.3 Å². The van der Waals surface area contributed by atoms with E-state index in [4.69, 9.17) is 19.2 Å². The van der Waals surface area contributed by atoms with E-state index in [0.717, 1.165) is 33.4 Å². The highest BCUT2D eigenvalue weighted by Gasteiger charge is 2.31. The van der Waals surface area contributed by atoms with Crippen molar-refractivity contribution >= 4 is 11.8 Å². The third kappa shape index (κ3) is 5.59. The Bertz CT molecular complexity index is 1260. The maximum Gasteiger partial charge on any atom is 0.166 e. The monoisotopic (exact) mass is 493 g/mol. The van der Waals surface area contributed by atoms with E-state index in [9.17, 15) is 4.39 Å². The van der Waals surface area contributed by atoms with Crippen molar-refractivity contribution in [2.45, 2.75) is 24.4 Å². The molecule has 0 atom stereocenters. The summed E-state index contributed by atoms with van der Waals surface area (Å²) in [5, 5.41) is 0.766. The molecule has 0 saturated carbocycles. The molecule has 8 heteroatoms. The van der Waals surface area contributed by atoms with Crippen molar-refractivity contribution in [3.8, 4) is 28.5 Å². The second-order valence-electron chi connectivity index (χ2n) is 8.35. The zero-order valence-electron chi connectivity index (χ0n) is 20.2. The number of thioether (sulfide) groups is 1. The van der Waals surface area contributed by atoms with Crippen LogP contribution < -0.4 is 14.2 Å². The van der Waals surface area contributed by atoms with Crippen molar-refractivity contribution in [1.29, 1.82) is 0 Å². The first-order valence-electron chi connectivity index (χ1n) is 11.2. The van der Waals surface area contributed by atoms with Gasteiger partial charge in [-0.3, -0.25) is 4.98 Å². The van der Waals surface area contributed by atoms with Crippen molar-refractivity contribution in [2.75, 3.05) is 26.6 Å². The van der Waals surface area contributed by atoms with Crippen LogP contribution in [0, 0.1) is 5.82 Å². The number of aromatic nitrogens is 3. The number of H-pyrrole nitrogens is 1. The van der Waals surface area contributed by atoms with Crippen LogP contribution in [0.1, 0.15) is 25.1 Å². The SMILES string of the molecule is COc1ccc(C(C)(C)c2[nH]c(SCCOc3cccnc3)nc2-c2ccc(F)cc2)cc1OC. The predicted octanol–water partition coefficient (Wildman–Crippen LogP) is 6.13. The number of ether oxygens (including phenoxy) is 3. The smallest absolute Gasteiger partial charge is 0.166 e. The quantitative estimate of drug-likeness (QED) is 0.212. The Balaban J connectivity index is 1.63. The van der Waals surface area contributed by atoms with E-state index in [1.54, 1.807) is 50.5 Å². The number of aromatic amines is 1. The zero-order valence-corrected chi connectivity index (χ0v) is 21.0. The van der Waals surface area contributed by atoms with Crippen molar-refractivity contribution in [3.05, 3.63) is 84.1 Å². The minimum absolute atomic E-state index is 0.285. The lowest BCUT2D eigenvalue weighted by Gasteiger charge is -2.26. The number of nitrogens with zero attached hydrogens (tertiary/aromatic N) is 2. The average Bonchev–Trinajstić information content (AvgIpc) is 3.32. The van der Waals surface area contributed by atoms with E-state index in [1.165, 1.54) is 12.1 Å². The van der Waals surface area contributed by atoms with Gasteiger partial charge in [0.15, 0.2) is 16.7 Å². The molecule has 0 aliphatic rings. The lowest BCUT2D eigenvalue weighted by Crippen LogP contribution is -2.20. The van der Waals surface area contributed by atoms with Crippen molar-refractivity contribution in [3.63, 3.8) is 0 Å². The van der Waals surface area contributed by atoms with Gasteiger partial charge in [-0.15, -0.1) is 0 Å². The first kappa shape index (κ1) is 24.6. The predicted molar refractivity (Wildman–Crippen MR) is 136 cm³/mol. The highest BCUT2D eigenvalue weighted by atomic mass is 32.2. The highest BCUT2D eigenvalue weighted by molar-refractivity contribution is 7.99. The Morgan fingerprint density at radius 2 is 1.77 bits per heavy atom. The number of rotatable bonds is 10. The van der Waals surface area contributed by atoms with Gasteiger partial charge >= 0.3 is 0 Å². The minimum Gasteiger partial charge on any atom is -0.493 e. The van der Waals surface area contributed by atoms with Gasteiger partial charge in [-0.2, -0.15) is 0 Å². The molecule has 6 nitrogen and oxygen atoms in total. The first-order chi connectivity index (χ1) is 16.9. The van der Waals surface area contributed by atoms with E-state index in [-0.39, 0.29) is 5.82 Å². The number of pyridine rings is 1. The van der Waals surface area contributed by atoms with Gasteiger partial charge in [0, 0.05) is 22.9 Å². The number of hydrogen-bond donors (Lipinski definition) is 1. The molecular weight excluding hydrogens is 465 g/mol. The van der Waals surface area contributed by atoms with Crippen LogP contribution in [0.2, 0.25) is 0 Å². The van der Waals surface area contributed by atoms with Crippen LogP contribution in [0.25, 0.3) is 11.3 Å². The summed E-state index contributed by atoms with van der Waals surface area (Å²) in [4.78, 5) is 12.5. The molecular formula is C27H28FN3O3S. The fourth-order valence-electron chi connectivity index (χ4n) is 3.79. The molecule has 0 aliphatic carbocycles. The molecule has 1 N–H and O–H groups in total. The number of imidazole rings is 1. The fourth-order valence-corrected chi connectivity index (χ4v) is 4.48. The Morgan fingerprint density at radius 3 is 2.46 bits per heavy atom. The molecule has 4 aromatic rings. The Kier molecular flexibility index (Phi) is 7.60. The van der Waals surface area contributed by atoms with E-state index in [2.05, 4.69) is 23.8 Å². The molecule has 2 aromatic carbocycles. The van der Waals surface area contributed by atoms with E-state index in [0.29, 0.717) is 23.9 Å². The van der Waals surface area contributed by atoms with Crippen LogP contribution in [-0.4, -0.2) is 41.5 Å². The lowest BCUT2D eigenvalue weighted by atomic mass is 9.79. The summed E-state index contributed by atoms with van der Waals surface area (Å²) in [6.07, 6.45) is 3.40. The Hall–Kier alpha value is -3.52. The highest BCUT2D eigenvalue weighted by Crippen LogP contribution is 2.41. The Morgan fingerprint density at radius 1 is 1.00 bits per heavy atom. The summed E-state index contributed by atoms with van der Waals surface area (Å²) >= 11 is 1.57. The van der Waals surface area contributed by atoms with Crippen molar-refractivity contribution in [1.82, 2.24) is 15.0 Å². The van der Waals surface area contributed by atoms with Gasteiger partial charge in [0.2, 0.25) is 0 Å². The number of hydrogen-bond acceptors (Lipinski definition) is 6. The largest absolute Gasteiger partial charge is 0.493 e. The minimum atomic E-state index is -0.457. The molecule has 0 spiro atoms. The number of halogens is 1. The second kappa shape index (κ2) is 10.8. The van der Waals surface area contributed by atoms with Crippen molar-refractivity contribution < 1.29 is 18.6 Å². The third-order valence-corrected chi connectivity index (χ3v) is 6.59. The number of nitrogens with one attached hydrogen (secondary N) is 1. The zero-order chi connectivity index (χ0) is 24.8. The third-order valence-electron chi connectivity index (χ3n) is 5.76. The van der Waals surface area contributed by atoms with Crippen molar-refractivity contribution in [2.24, 2.45) is 0 Å². The van der Waals surface area contributed by atoms with Crippen LogP contribution in [0.15, 0.2) is 72.1 Å². The molecule has 4 rings (SSSR count). The maximum absolute atomic E-state index is 13.6. The van der Waals surface area contributed by atoms with Gasteiger partial charge in [-0.1, -0.05) is 31.7 Å². The fraction of sp³-hybridized carbons (Fsp3) is 0.259. The van der Waals surface area contributed by atoms with Gasteiger partial charge in [0.1, 0.15) is 11.6 Å². The number of methoxy groups -OCH3 is 2. The standard InChI is InChI=1S/C27H28FN3O3S/c1-27(2,19-9-12-22(32-3)23(16-19)33-4)25-24(18-7-10-20(28)11-8-18)30-26(31-25)35-15-14-34-21-6-5-13-29-17-21/h5-13,16-17H,14-15H2,1-4H3,(H,30,31). The van der Waals surface area contributed by atoms with Gasteiger partial charge in [0.05, 0.1) is 38.4 Å². The van der Waals surface area contributed by atoms with Gasteiger partial charge in [-0.25, -0.2) is 9.37 Å². The van der Waals surface area contributed by atoms with Gasteiger partial charge in [0.25, 0.3) is 0 Å². The van der Waals surface area contributed by atoms with Gasteiger partial charge in [-0.05, 0) is 54.1 Å². The number of benzene rings is 2. The van der Waals surface area contributed by atoms with Gasteiger partial charge < -0.3 is 19.2 Å². The van der Waals surface area contributed by atoms with Crippen LogP contribution in [-0.2, 0) is 5.41 Å². The molecule has 182 valence electrons. The molecule has 2 aromatic heterocycles. The average molecular weight is 494 g/mol. The summed E-state index contributed by atoms with van der Waals surface area (Å²) in [5.41, 5.74) is 3.11. The molecule has 0 radical (unpaired) electrons. The van der Waals surface area contributed by atoms with Crippen LogP contribution >= 0.6 is 11.8 Å². The Labute approximate surface area is 208 Å². The van der Waals surface area contributed by atoms with Crippen LogP contribution in [0.3, 0.4) is 0 Å². The summed E-state index contributed by atoms with van der Waals surface area (Å²) in [6.45, 7) is 4.75. The van der Waals surface area contributed by atoms with Crippen LogP contribution in [0.5, 0.6) is 17.2 Å².